The summed E-state index contributed by atoms with van der Waals surface area (Å²) in [7, 11) is 0. The van der Waals surface area contributed by atoms with Gasteiger partial charge in [0.2, 0.25) is 0 Å². The van der Waals surface area contributed by atoms with Gasteiger partial charge in [-0.15, -0.1) is 0 Å². The highest BCUT2D eigenvalue weighted by molar-refractivity contribution is 5.26. The molecule has 0 aliphatic heterocycles. The fourth-order valence-electron chi connectivity index (χ4n) is 1.77. The number of hydrogen-bond acceptors (Lipinski definition) is 4. The third-order valence-electron chi connectivity index (χ3n) is 3.19. The smallest absolute Gasteiger partial charge is 0.137 e. The Balaban J connectivity index is 2.01. The fourth-order valence-corrected chi connectivity index (χ4v) is 1.77. The Kier molecular flexibility index (Phi) is 4.16. The molecule has 0 spiro atoms. The highest BCUT2D eigenvalue weighted by Crippen LogP contribution is 2.16. The minimum atomic E-state index is -0.363. The summed E-state index contributed by atoms with van der Waals surface area (Å²) >= 11 is 0. The van der Waals surface area contributed by atoms with Gasteiger partial charge in [0.25, 0.3) is 0 Å². The predicted molar refractivity (Wildman–Crippen MR) is 77.2 cm³/mol. The van der Waals surface area contributed by atoms with Gasteiger partial charge in [-0.05, 0) is 32.4 Å². The first-order valence-corrected chi connectivity index (χ1v) is 6.61. The van der Waals surface area contributed by atoms with E-state index < -0.39 is 0 Å². The van der Waals surface area contributed by atoms with Crippen molar-refractivity contribution in [3.8, 4) is 11.9 Å². The third-order valence-corrected chi connectivity index (χ3v) is 3.19. The van der Waals surface area contributed by atoms with Crippen molar-refractivity contribution in [2.75, 3.05) is 6.54 Å². The minimum Gasteiger partial charge on any atom is -0.309 e. The van der Waals surface area contributed by atoms with Crippen LogP contribution in [-0.4, -0.2) is 21.1 Å². The highest BCUT2D eigenvalue weighted by atomic mass is 15.1. The van der Waals surface area contributed by atoms with Gasteiger partial charge in [-0.3, -0.25) is 4.57 Å². The van der Waals surface area contributed by atoms with Crippen LogP contribution in [0.5, 0.6) is 0 Å². The first-order valence-electron chi connectivity index (χ1n) is 6.61. The number of aromatic nitrogens is 3. The molecule has 0 aliphatic carbocycles. The van der Waals surface area contributed by atoms with Crippen molar-refractivity contribution in [3.63, 3.8) is 0 Å². The van der Waals surface area contributed by atoms with Gasteiger partial charge in [0.05, 0.1) is 11.5 Å². The Morgan fingerprint density at radius 1 is 1.45 bits per heavy atom. The lowest BCUT2D eigenvalue weighted by atomic mass is 9.95. The fraction of sp³-hybridized carbons (Fsp3) is 0.400. The van der Waals surface area contributed by atoms with E-state index in [0.29, 0.717) is 6.54 Å². The van der Waals surface area contributed by atoms with Crippen molar-refractivity contribution in [2.24, 2.45) is 5.41 Å². The van der Waals surface area contributed by atoms with Gasteiger partial charge in [-0.25, -0.2) is 9.97 Å². The molecule has 1 atom stereocenters. The van der Waals surface area contributed by atoms with E-state index in [1.165, 1.54) is 0 Å². The van der Waals surface area contributed by atoms with E-state index in [9.17, 15) is 0 Å². The lowest BCUT2D eigenvalue weighted by molar-refractivity contribution is 0.415. The van der Waals surface area contributed by atoms with Gasteiger partial charge in [0, 0.05) is 31.2 Å². The van der Waals surface area contributed by atoms with E-state index in [-0.39, 0.29) is 11.5 Å². The summed E-state index contributed by atoms with van der Waals surface area (Å²) in [5.74, 6) is 0.843. The molecular formula is C15H19N5. The summed E-state index contributed by atoms with van der Waals surface area (Å²) in [6.45, 7) is 6.56. The molecule has 2 heterocycles. The van der Waals surface area contributed by atoms with Crippen LogP contribution in [-0.2, 0) is 0 Å². The number of imidazole rings is 1. The molecule has 0 saturated heterocycles. The van der Waals surface area contributed by atoms with Gasteiger partial charge in [-0.1, -0.05) is 6.07 Å². The van der Waals surface area contributed by atoms with Crippen LogP contribution in [0.2, 0.25) is 0 Å². The molecule has 0 aromatic carbocycles. The largest absolute Gasteiger partial charge is 0.309 e. The maximum atomic E-state index is 9.01. The zero-order valence-electron chi connectivity index (χ0n) is 12.0. The van der Waals surface area contributed by atoms with Crippen molar-refractivity contribution in [2.45, 2.75) is 26.8 Å². The normalized spacial score (nSPS) is 12.9. The number of nitriles is 1. The Labute approximate surface area is 119 Å². The molecular weight excluding hydrogens is 250 g/mol. The molecule has 5 nitrogen and oxygen atoms in total. The molecule has 2 aromatic heterocycles. The molecule has 0 amide bonds. The van der Waals surface area contributed by atoms with Crippen molar-refractivity contribution in [3.05, 3.63) is 42.6 Å². The summed E-state index contributed by atoms with van der Waals surface area (Å²) in [5, 5.41) is 12.4. The zero-order chi connectivity index (χ0) is 14.6. The third kappa shape index (κ3) is 3.43. The maximum Gasteiger partial charge on any atom is 0.137 e. The van der Waals surface area contributed by atoms with Gasteiger partial charge < -0.3 is 5.32 Å². The Morgan fingerprint density at radius 3 is 2.80 bits per heavy atom. The summed E-state index contributed by atoms with van der Waals surface area (Å²) in [4.78, 5) is 8.43. The summed E-state index contributed by atoms with van der Waals surface area (Å²) < 4.78 is 1.86. The topological polar surface area (TPSA) is 66.5 Å². The summed E-state index contributed by atoms with van der Waals surface area (Å²) in [6, 6.07) is 6.45. The number of rotatable bonds is 5. The molecule has 0 fully saturated rings. The first kappa shape index (κ1) is 14.2. The maximum absolute atomic E-state index is 9.01. The van der Waals surface area contributed by atoms with E-state index in [1.807, 2.05) is 42.9 Å². The number of nitrogens with one attached hydrogen (secondary N) is 1. The van der Waals surface area contributed by atoms with E-state index in [1.54, 1.807) is 12.5 Å². The molecule has 0 saturated carbocycles. The highest BCUT2D eigenvalue weighted by Gasteiger charge is 2.17. The Bertz CT molecular complexity index is 578. The first-order chi connectivity index (χ1) is 9.52. The number of nitrogens with zero attached hydrogens (tertiary/aromatic N) is 4. The van der Waals surface area contributed by atoms with Crippen LogP contribution in [0.3, 0.4) is 0 Å². The van der Waals surface area contributed by atoms with E-state index in [0.717, 1.165) is 11.4 Å². The van der Waals surface area contributed by atoms with Crippen LogP contribution in [0.4, 0.5) is 0 Å². The molecule has 1 N–H and O–H groups in total. The molecule has 1 unspecified atom stereocenters. The molecule has 0 aliphatic rings. The van der Waals surface area contributed by atoms with Crippen LogP contribution in [0.15, 0.2) is 37.1 Å². The van der Waals surface area contributed by atoms with Crippen LogP contribution in [0, 0.1) is 16.7 Å². The van der Waals surface area contributed by atoms with Gasteiger partial charge in [0.1, 0.15) is 12.1 Å². The average Bonchev–Trinajstić information content (AvgIpc) is 2.99. The lowest BCUT2D eigenvalue weighted by Gasteiger charge is -2.20. The van der Waals surface area contributed by atoms with E-state index >= 15 is 0 Å². The molecule has 0 bridgehead atoms. The molecule has 0 radical (unpaired) electrons. The van der Waals surface area contributed by atoms with Gasteiger partial charge in [-0.2, -0.15) is 5.26 Å². The Morgan fingerprint density at radius 2 is 2.25 bits per heavy atom. The lowest BCUT2D eigenvalue weighted by Crippen LogP contribution is -2.30. The van der Waals surface area contributed by atoms with Crippen molar-refractivity contribution < 1.29 is 0 Å². The average molecular weight is 269 g/mol. The van der Waals surface area contributed by atoms with Crippen LogP contribution >= 0.6 is 0 Å². The number of hydrogen-bond donors (Lipinski definition) is 1. The second kappa shape index (κ2) is 5.85. The second-order valence-electron chi connectivity index (χ2n) is 5.52. The summed E-state index contributed by atoms with van der Waals surface area (Å²) in [5.41, 5.74) is 0.737. The predicted octanol–water partition coefficient (Wildman–Crippen LogP) is 2.47. The van der Waals surface area contributed by atoms with E-state index in [2.05, 4.69) is 28.3 Å². The van der Waals surface area contributed by atoms with Crippen molar-refractivity contribution >= 4 is 0 Å². The SMILES string of the molecule is CC(NCC(C)(C)C#N)c1ccc(-n2ccnc2)nc1. The van der Waals surface area contributed by atoms with Crippen LogP contribution in [0.1, 0.15) is 32.4 Å². The molecule has 2 rings (SSSR count). The summed E-state index contributed by atoms with van der Waals surface area (Å²) in [6.07, 6.45) is 7.16. The quantitative estimate of drug-likeness (QED) is 0.905. The molecule has 5 heteroatoms. The van der Waals surface area contributed by atoms with Crippen LogP contribution in [0.25, 0.3) is 5.82 Å². The van der Waals surface area contributed by atoms with Gasteiger partial charge >= 0.3 is 0 Å². The van der Waals surface area contributed by atoms with Crippen molar-refractivity contribution in [1.82, 2.24) is 19.9 Å². The second-order valence-corrected chi connectivity index (χ2v) is 5.52. The van der Waals surface area contributed by atoms with E-state index in [4.69, 9.17) is 5.26 Å². The standard InChI is InChI=1S/C15H19N5/c1-12(19-10-15(2,3)9-16)13-4-5-14(18-8-13)20-7-6-17-11-20/h4-8,11-12,19H,10H2,1-3H3. The zero-order valence-corrected chi connectivity index (χ0v) is 12.0. The van der Waals surface area contributed by atoms with Crippen molar-refractivity contribution in [1.29, 1.82) is 5.26 Å². The monoisotopic (exact) mass is 269 g/mol. The molecule has 20 heavy (non-hydrogen) atoms. The Hall–Kier alpha value is -2.19. The molecule has 104 valence electrons. The van der Waals surface area contributed by atoms with Gasteiger partial charge in [0.15, 0.2) is 0 Å². The minimum absolute atomic E-state index is 0.159. The molecule has 2 aromatic rings. The number of pyridine rings is 1. The van der Waals surface area contributed by atoms with Crippen LogP contribution < -0.4 is 5.32 Å².